The third-order valence-corrected chi connectivity index (χ3v) is 5.02. The van der Waals surface area contributed by atoms with Gasteiger partial charge in [0.25, 0.3) is 11.5 Å². The summed E-state index contributed by atoms with van der Waals surface area (Å²) in [5.41, 5.74) is 4.70. The molecule has 0 radical (unpaired) electrons. The van der Waals surface area contributed by atoms with Crippen molar-refractivity contribution >= 4 is 17.4 Å². The molecule has 33 heavy (non-hydrogen) atoms. The molecule has 3 N–H and O–H groups in total. The zero-order valence-electron chi connectivity index (χ0n) is 19.2. The zero-order valence-corrected chi connectivity index (χ0v) is 19.2. The molecule has 1 aromatic heterocycles. The highest BCUT2D eigenvalue weighted by Gasteiger charge is 2.26. The first kappa shape index (κ1) is 25.9. The second-order valence-electron chi connectivity index (χ2n) is 7.88. The molecule has 9 nitrogen and oxygen atoms in total. The van der Waals surface area contributed by atoms with Gasteiger partial charge in [-0.3, -0.25) is 19.1 Å². The molecule has 0 fully saturated rings. The number of carbonyl (C=O) groups excluding carboxylic acids is 1. The summed E-state index contributed by atoms with van der Waals surface area (Å²) in [5.74, 6) is -0.819. The number of amides is 1. The van der Waals surface area contributed by atoms with Gasteiger partial charge in [-0.15, -0.1) is 0 Å². The van der Waals surface area contributed by atoms with Crippen LogP contribution in [0.15, 0.2) is 27.8 Å². The van der Waals surface area contributed by atoms with E-state index in [2.05, 4.69) is 9.72 Å². The van der Waals surface area contributed by atoms with Crippen LogP contribution in [0.2, 0.25) is 0 Å². The fourth-order valence-corrected chi connectivity index (χ4v) is 3.23. The number of nitrogens with two attached hydrogens (primary N) is 1. The molecule has 11 heteroatoms. The predicted molar refractivity (Wildman–Crippen MR) is 121 cm³/mol. The highest BCUT2D eigenvalue weighted by Crippen LogP contribution is 2.31. The number of nitrogens with one attached hydrogen (secondary N) is 1. The van der Waals surface area contributed by atoms with Crippen molar-refractivity contribution in [2.75, 3.05) is 24.3 Å². The molecular weight excluding hydrogens is 438 g/mol. The number of nitrogen functional groups attached to an aromatic ring is 1. The Morgan fingerprint density at radius 1 is 1.24 bits per heavy atom. The first-order chi connectivity index (χ1) is 15.6. The summed E-state index contributed by atoms with van der Waals surface area (Å²) in [6, 6.07) is 3.73. The maximum absolute atomic E-state index is 13.5. The van der Waals surface area contributed by atoms with Gasteiger partial charge in [0.15, 0.2) is 17.2 Å². The summed E-state index contributed by atoms with van der Waals surface area (Å²) in [6.45, 7) is 3.22. The number of H-pyrrole nitrogens is 1. The Hall–Kier alpha value is -3.37. The minimum Gasteiger partial charge on any atom is -0.493 e. The van der Waals surface area contributed by atoms with E-state index in [1.807, 2.05) is 20.8 Å². The number of alkyl halides is 2. The van der Waals surface area contributed by atoms with E-state index in [-0.39, 0.29) is 47.6 Å². The molecule has 0 aliphatic carbocycles. The minimum absolute atomic E-state index is 0.0697. The van der Waals surface area contributed by atoms with Crippen LogP contribution >= 0.6 is 0 Å². The number of aromatic amines is 1. The molecule has 0 saturated carbocycles. The quantitative estimate of drug-likeness (QED) is 0.523. The van der Waals surface area contributed by atoms with Crippen LogP contribution in [0.4, 0.5) is 20.3 Å². The Morgan fingerprint density at radius 2 is 1.94 bits per heavy atom. The van der Waals surface area contributed by atoms with Crippen molar-refractivity contribution in [3.63, 3.8) is 0 Å². The van der Waals surface area contributed by atoms with Crippen LogP contribution in [-0.2, 0) is 6.54 Å². The van der Waals surface area contributed by atoms with Crippen molar-refractivity contribution in [1.82, 2.24) is 9.55 Å². The van der Waals surface area contributed by atoms with Gasteiger partial charge in [-0.2, -0.15) is 8.78 Å². The number of carbonyl (C=O) groups is 1. The maximum atomic E-state index is 13.5. The minimum atomic E-state index is -3.06. The fraction of sp³-hybridized carbons (Fsp3) is 0.500. The highest BCUT2D eigenvalue weighted by atomic mass is 19.3. The van der Waals surface area contributed by atoms with Crippen molar-refractivity contribution in [2.45, 2.75) is 53.2 Å². The lowest BCUT2D eigenvalue weighted by molar-refractivity contribution is -0.0512. The predicted octanol–water partition coefficient (Wildman–Crippen LogP) is 3.22. The van der Waals surface area contributed by atoms with Crippen molar-refractivity contribution in [1.29, 1.82) is 0 Å². The highest BCUT2D eigenvalue weighted by molar-refractivity contribution is 6.07. The SMILES string of the molecule is CCCCn1c(N)c(N(CCC(C)C)C(=O)c2ccc(OC(F)F)c(OC)c2)c(=O)[nH]c1=O. The number of nitrogens with zero attached hydrogens (tertiary/aromatic N) is 2. The van der Waals surface area contributed by atoms with Crippen LogP contribution in [-0.4, -0.2) is 35.7 Å². The van der Waals surface area contributed by atoms with Crippen LogP contribution in [0.5, 0.6) is 11.5 Å². The summed E-state index contributed by atoms with van der Waals surface area (Å²) < 4.78 is 36.0. The van der Waals surface area contributed by atoms with Gasteiger partial charge in [0.1, 0.15) is 5.82 Å². The van der Waals surface area contributed by atoms with Crippen LogP contribution in [0.25, 0.3) is 0 Å². The van der Waals surface area contributed by atoms with Crippen LogP contribution < -0.4 is 31.4 Å². The number of hydrogen-bond acceptors (Lipinski definition) is 6. The van der Waals surface area contributed by atoms with Crippen molar-refractivity contribution in [3.8, 4) is 11.5 Å². The molecule has 0 aliphatic rings. The number of anilines is 2. The van der Waals surface area contributed by atoms with Gasteiger partial charge in [0.2, 0.25) is 0 Å². The number of rotatable bonds is 11. The molecule has 0 aliphatic heterocycles. The van der Waals surface area contributed by atoms with E-state index in [4.69, 9.17) is 10.5 Å². The van der Waals surface area contributed by atoms with Gasteiger partial charge in [-0.1, -0.05) is 27.2 Å². The van der Waals surface area contributed by atoms with E-state index in [1.54, 1.807) is 0 Å². The summed E-state index contributed by atoms with van der Waals surface area (Å²) in [6.07, 6.45) is 1.99. The average molecular weight is 469 g/mol. The van der Waals surface area contributed by atoms with Gasteiger partial charge in [-0.05, 0) is 37.0 Å². The van der Waals surface area contributed by atoms with Gasteiger partial charge < -0.3 is 20.1 Å². The number of unbranched alkanes of at least 4 members (excludes halogenated alkanes) is 1. The second-order valence-corrected chi connectivity index (χ2v) is 7.88. The van der Waals surface area contributed by atoms with E-state index in [9.17, 15) is 23.2 Å². The Balaban J connectivity index is 2.59. The first-order valence-electron chi connectivity index (χ1n) is 10.7. The average Bonchev–Trinajstić information content (AvgIpc) is 2.75. The van der Waals surface area contributed by atoms with Crippen molar-refractivity contribution in [3.05, 3.63) is 44.6 Å². The van der Waals surface area contributed by atoms with E-state index in [0.29, 0.717) is 12.8 Å². The molecule has 0 saturated heterocycles. The number of hydrogen-bond donors (Lipinski definition) is 2. The molecule has 1 amide bonds. The lowest BCUT2D eigenvalue weighted by atomic mass is 10.1. The summed E-state index contributed by atoms with van der Waals surface area (Å²) >= 11 is 0. The van der Waals surface area contributed by atoms with Gasteiger partial charge in [0.05, 0.1) is 7.11 Å². The van der Waals surface area contributed by atoms with E-state index in [1.165, 1.54) is 34.8 Å². The number of aromatic nitrogens is 2. The lowest BCUT2D eigenvalue weighted by Gasteiger charge is -2.25. The van der Waals surface area contributed by atoms with E-state index >= 15 is 0 Å². The summed E-state index contributed by atoms with van der Waals surface area (Å²) in [5, 5.41) is 0. The summed E-state index contributed by atoms with van der Waals surface area (Å²) in [7, 11) is 1.25. The lowest BCUT2D eigenvalue weighted by Crippen LogP contribution is -2.42. The monoisotopic (exact) mass is 468 g/mol. The van der Waals surface area contributed by atoms with Crippen molar-refractivity contribution in [2.24, 2.45) is 5.92 Å². The standard InChI is InChI=1S/C22H30F2N4O5/c1-5-6-10-28-18(25)17(19(29)26-22(28)31)27(11-9-13(2)3)20(30)14-7-8-15(33-21(23)24)16(12-14)32-4/h7-8,12-13,21H,5-6,9-11,25H2,1-4H3,(H,26,29,31). The van der Waals surface area contributed by atoms with E-state index < -0.39 is 23.8 Å². The first-order valence-corrected chi connectivity index (χ1v) is 10.7. The van der Waals surface area contributed by atoms with Gasteiger partial charge >= 0.3 is 12.3 Å². The number of ether oxygens (including phenoxy) is 2. The molecule has 0 atom stereocenters. The van der Waals surface area contributed by atoms with Gasteiger partial charge in [-0.25, -0.2) is 4.79 Å². The third-order valence-electron chi connectivity index (χ3n) is 5.02. The maximum Gasteiger partial charge on any atom is 0.387 e. The molecule has 0 bridgehead atoms. The molecule has 1 aromatic carbocycles. The van der Waals surface area contributed by atoms with Crippen LogP contribution in [0.1, 0.15) is 50.4 Å². The molecule has 2 aromatic rings. The molecule has 182 valence electrons. The Kier molecular flexibility index (Phi) is 9.01. The summed E-state index contributed by atoms with van der Waals surface area (Å²) in [4.78, 5) is 41.9. The largest absolute Gasteiger partial charge is 0.493 e. The molecule has 2 rings (SSSR count). The Bertz CT molecular complexity index is 1080. The Labute approximate surface area is 190 Å². The molecule has 0 unspecified atom stereocenters. The third kappa shape index (κ3) is 6.33. The molecule has 1 heterocycles. The topological polar surface area (TPSA) is 120 Å². The van der Waals surface area contributed by atoms with Crippen LogP contribution in [0, 0.1) is 5.92 Å². The zero-order chi connectivity index (χ0) is 24.7. The smallest absolute Gasteiger partial charge is 0.387 e. The number of benzene rings is 1. The number of halogens is 2. The number of methoxy groups -OCH3 is 1. The van der Waals surface area contributed by atoms with E-state index in [0.717, 1.165) is 6.42 Å². The molecular formula is C22H30F2N4O5. The fourth-order valence-electron chi connectivity index (χ4n) is 3.23. The van der Waals surface area contributed by atoms with Crippen molar-refractivity contribution < 1.29 is 23.0 Å². The molecule has 0 spiro atoms. The normalized spacial score (nSPS) is 11.2. The Morgan fingerprint density at radius 3 is 2.52 bits per heavy atom. The van der Waals surface area contributed by atoms with Crippen LogP contribution in [0.3, 0.4) is 0 Å². The van der Waals surface area contributed by atoms with Gasteiger partial charge in [0, 0.05) is 18.7 Å². The second kappa shape index (κ2) is 11.5.